The molecule has 1 N–H and O–H groups in total. The monoisotopic (exact) mass is 166 g/mol. The normalized spacial score (nSPS) is 21.1. The highest BCUT2D eigenvalue weighted by atomic mass is 16.4. The lowest BCUT2D eigenvalue weighted by Gasteiger charge is -1.94. The van der Waals surface area contributed by atoms with Crippen molar-refractivity contribution < 1.29 is 19.1 Å². The maximum absolute atomic E-state index is 11.1. The predicted octanol–water partition coefficient (Wildman–Crippen LogP) is 0.192. The zero-order valence-corrected chi connectivity index (χ0v) is 6.11. The molecule has 1 unspecified atom stereocenters. The molecule has 1 heterocycles. The van der Waals surface area contributed by atoms with Gasteiger partial charge in [-0.25, -0.2) is 0 Å². The molecule has 12 heavy (non-hydrogen) atoms. The highest BCUT2D eigenvalue weighted by Crippen LogP contribution is 2.24. The topological polar surface area (TPSA) is 67.5 Å². The van der Waals surface area contributed by atoms with Crippen LogP contribution in [0.4, 0.5) is 0 Å². The Bertz CT molecular complexity index is 350. The van der Waals surface area contributed by atoms with Crippen LogP contribution in [-0.4, -0.2) is 23.3 Å². The maximum Gasteiger partial charge on any atom is 0.195 e. The van der Waals surface area contributed by atoms with Crippen LogP contribution in [0.15, 0.2) is 10.5 Å². The van der Waals surface area contributed by atoms with Crippen LogP contribution < -0.4 is 0 Å². The first-order valence-corrected chi connectivity index (χ1v) is 3.52. The summed E-state index contributed by atoms with van der Waals surface area (Å²) in [6, 6.07) is 1.36. The summed E-state index contributed by atoms with van der Waals surface area (Å²) in [7, 11) is 0. The Kier molecular flexibility index (Phi) is 1.38. The van der Waals surface area contributed by atoms with Gasteiger partial charge < -0.3 is 9.52 Å². The lowest BCUT2D eigenvalue weighted by molar-refractivity contribution is 0.0776. The van der Waals surface area contributed by atoms with Crippen LogP contribution >= 0.6 is 0 Å². The number of hydrogen-bond acceptors (Lipinski definition) is 4. The van der Waals surface area contributed by atoms with Gasteiger partial charge in [0.25, 0.3) is 0 Å². The summed E-state index contributed by atoms with van der Waals surface area (Å²) >= 11 is 0. The maximum atomic E-state index is 11.1. The van der Waals surface area contributed by atoms with Crippen molar-refractivity contribution >= 4 is 12.1 Å². The quantitative estimate of drug-likeness (QED) is 0.605. The van der Waals surface area contributed by atoms with Crippen molar-refractivity contribution in [2.24, 2.45) is 0 Å². The fourth-order valence-corrected chi connectivity index (χ4v) is 1.32. The van der Waals surface area contributed by atoms with Crippen molar-refractivity contribution in [3.05, 3.63) is 23.2 Å². The number of fused-ring (bicyclic) bond motifs is 1. The second-order valence-electron chi connectivity index (χ2n) is 2.69. The number of carbonyl (C=O) groups is 2. The van der Waals surface area contributed by atoms with Crippen LogP contribution in [0.1, 0.15) is 26.7 Å². The summed E-state index contributed by atoms with van der Waals surface area (Å²) in [4.78, 5) is 21.3. The van der Waals surface area contributed by atoms with Crippen molar-refractivity contribution in [3.63, 3.8) is 0 Å². The molecule has 1 atom stereocenters. The lowest BCUT2D eigenvalue weighted by Crippen LogP contribution is -2.14. The second-order valence-corrected chi connectivity index (χ2v) is 2.69. The molecule has 2 rings (SSSR count). The van der Waals surface area contributed by atoms with Gasteiger partial charge in [-0.05, 0) is 6.07 Å². The minimum atomic E-state index is -0.987. The molecule has 1 aromatic heterocycles. The van der Waals surface area contributed by atoms with E-state index in [1.54, 1.807) is 0 Å². The van der Waals surface area contributed by atoms with Gasteiger partial charge in [0.15, 0.2) is 17.8 Å². The molecule has 1 aliphatic carbocycles. The molecule has 0 radical (unpaired) electrons. The minimum Gasteiger partial charge on any atom is -0.457 e. The van der Waals surface area contributed by atoms with E-state index in [-0.39, 0.29) is 18.0 Å². The molecule has 4 nitrogen and oxygen atoms in total. The molecule has 62 valence electrons. The van der Waals surface area contributed by atoms with Crippen molar-refractivity contribution in [1.82, 2.24) is 0 Å². The van der Waals surface area contributed by atoms with Crippen molar-refractivity contribution in [1.29, 1.82) is 0 Å². The fraction of sp³-hybridized carbons (Fsp3) is 0.250. The Morgan fingerprint density at radius 3 is 3.00 bits per heavy atom. The predicted molar refractivity (Wildman–Crippen MR) is 38.1 cm³/mol. The molecule has 0 aliphatic heterocycles. The van der Waals surface area contributed by atoms with Gasteiger partial charge in [0.1, 0.15) is 11.9 Å². The van der Waals surface area contributed by atoms with E-state index >= 15 is 0 Å². The van der Waals surface area contributed by atoms with E-state index in [4.69, 9.17) is 9.52 Å². The number of hydrogen-bond donors (Lipinski definition) is 1. The Labute approximate surface area is 67.8 Å². The van der Waals surface area contributed by atoms with E-state index in [2.05, 4.69) is 0 Å². The average molecular weight is 166 g/mol. The molecule has 0 saturated carbocycles. The van der Waals surface area contributed by atoms with Crippen LogP contribution in [0.3, 0.4) is 0 Å². The number of carbonyl (C=O) groups excluding carboxylic acids is 2. The summed E-state index contributed by atoms with van der Waals surface area (Å²) in [6.45, 7) is 0. The Morgan fingerprint density at radius 2 is 2.42 bits per heavy atom. The van der Waals surface area contributed by atoms with Gasteiger partial charge in [0.05, 0.1) is 5.56 Å². The average Bonchev–Trinajstić information content (AvgIpc) is 2.55. The molecule has 1 aromatic rings. The first kappa shape index (κ1) is 7.24. The number of rotatable bonds is 1. The van der Waals surface area contributed by atoms with Gasteiger partial charge in [-0.3, -0.25) is 9.59 Å². The van der Waals surface area contributed by atoms with Crippen LogP contribution in [0.25, 0.3) is 0 Å². The first-order chi connectivity index (χ1) is 5.72. The standard InChI is InChI=1S/C8H6O4/c9-3-4-1-5-7(12-4)2-6(10)8(5)11/h1,3,6,10H,2H2. The highest BCUT2D eigenvalue weighted by molar-refractivity contribution is 6.04. The van der Waals surface area contributed by atoms with Gasteiger partial charge in [0, 0.05) is 6.42 Å². The third-order valence-electron chi connectivity index (χ3n) is 1.89. The van der Waals surface area contributed by atoms with E-state index in [1.807, 2.05) is 0 Å². The van der Waals surface area contributed by atoms with E-state index in [1.165, 1.54) is 6.07 Å². The fourth-order valence-electron chi connectivity index (χ4n) is 1.32. The summed E-state index contributed by atoms with van der Waals surface area (Å²) in [5.74, 6) is 0.191. The summed E-state index contributed by atoms with van der Waals surface area (Å²) in [5.41, 5.74) is 0.338. The third kappa shape index (κ3) is 0.816. The molecule has 0 aromatic carbocycles. The van der Waals surface area contributed by atoms with Crippen molar-refractivity contribution in [3.8, 4) is 0 Å². The molecular weight excluding hydrogens is 160 g/mol. The van der Waals surface area contributed by atoms with Crippen molar-refractivity contribution in [2.45, 2.75) is 12.5 Å². The zero-order chi connectivity index (χ0) is 8.72. The number of Topliss-reactive ketones (excluding diaryl/α,β-unsaturated/α-hetero) is 1. The smallest absolute Gasteiger partial charge is 0.195 e. The van der Waals surface area contributed by atoms with Gasteiger partial charge in [-0.1, -0.05) is 0 Å². The van der Waals surface area contributed by atoms with Crippen molar-refractivity contribution in [2.75, 3.05) is 0 Å². The third-order valence-corrected chi connectivity index (χ3v) is 1.89. The van der Waals surface area contributed by atoms with Gasteiger partial charge in [-0.15, -0.1) is 0 Å². The molecule has 0 amide bonds. The summed E-state index contributed by atoms with van der Waals surface area (Å²) in [6.07, 6.45) is -0.264. The number of aliphatic hydroxyl groups excluding tert-OH is 1. The molecule has 0 bridgehead atoms. The SMILES string of the molecule is O=Cc1cc2c(o1)CC(O)C2=O. The Hall–Kier alpha value is -1.42. The van der Waals surface area contributed by atoms with Gasteiger partial charge in [0.2, 0.25) is 0 Å². The minimum absolute atomic E-state index is 0.139. The summed E-state index contributed by atoms with van der Waals surface area (Å²) in [5, 5.41) is 9.07. The number of ketones is 1. The van der Waals surface area contributed by atoms with E-state index < -0.39 is 6.10 Å². The van der Waals surface area contributed by atoms with Crippen LogP contribution in [-0.2, 0) is 6.42 Å². The van der Waals surface area contributed by atoms with Gasteiger partial charge in [-0.2, -0.15) is 0 Å². The first-order valence-electron chi connectivity index (χ1n) is 3.52. The lowest BCUT2D eigenvalue weighted by atomic mass is 10.2. The second kappa shape index (κ2) is 2.28. The van der Waals surface area contributed by atoms with Crippen LogP contribution in [0.2, 0.25) is 0 Å². The molecule has 0 fully saturated rings. The molecule has 1 aliphatic rings. The summed E-state index contributed by atoms with van der Waals surface area (Å²) < 4.78 is 4.97. The van der Waals surface area contributed by atoms with Crippen LogP contribution in [0.5, 0.6) is 0 Å². The zero-order valence-electron chi connectivity index (χ0n) is 6.11. The van der Waals surface area contributed by atoms with E-state index in [0.717, 1.165) is 0 Å². The van der Waals surface area contributed by atoms with Gasteiger partial charge >= 0.3 is 0 Å². The number of aldehydes is 1. The Balaban J connectivity index is 2.49. The largest absolute Gasteiger partial charge is 0.457 e. The molecule has 4 heteroatoms. The Morgan fingerprint density at radius 1 is 1.67 bits per heavy atom. The molecule has 0 spiro atoms. The highest BCUT2D eigenvalue weighted by Gasteiger charge is 2.32. The number of furan rings is 1. The molecule has 0 saturated heterocycles. The van der Waals surface area contributed by atoms with E-state index in [9.17, 15) is 9.59 Å². The van der Waals surface area contributed by atoms with Crippen LogP contribution in [0, 0.1) is 0 Å². The van der Waals surface area contributed by atoms with E-state index in [0.29, 0.717) is 17.6 Å². The molecular formula is C8H6O4. The number of aliphatic hydroxyl groups is 1.